The number of carbonyl (C=O) groups is 1. The van der Waals surface area contributed by atoms with E-state index < -0.39 is 0 Å². The van der Waals surface area contributed by atoms with E-state index >= 15 is 0 Å². The standard InChI is InChI=1S/C17H24N2O2/c1-4-21-15-11-14(17(15,2)3)19-16(20)10-7-12-5-8-13(18)9-6-12/h5-10,14-15H,4,11,18H2,1-3H3,(H,19,20)/b10-7+. The third-order valence-corrected chi connectivity index (χ3v) is 4.23. The second-order valence-electron chi connectivity index (χ2n) is 6.06. The summed E-state index contributed by atoms with van der Waals surface area (Å²) in [5.41, 5.74) is 7.29. The first-order chi connectivity index (χ1) is 9.93. The van der Waals surface area contributed by atoms with Crippen LogP contribution in [0.3, 0.4) is 0 Å². The summed E-state index contributed by atoms with van der Waals surface area (Å²) >= 11 is 0. The molecule has 1 amide bonds. The fourth-order valence-corrected chi connectivity index (χ4v) is 2.61. The Hall–Kier alpha value is -1.81. The second-order valence-corrected chi connectivity index (χ2v) is 6.06. The Morgan fingerprint density at radius 3 is 2.67 bits per heavy atom. The van der Waals surface area contributed by atoms with Crippen LogP contribution in [0.5, 0.6) is 0 Å². The monoisotopic (exact) mass is 288 g/mol. The van der Waals surface area contributed by atoms with Crippen LogP contribution in [0.25, 0.3) is 6.08 Å². The largest absolute Gasteiger partial charge is 0.399 e. The van der Waals surface area contributed by atoms with Crippen LogP contribution in [0.1, 0.15) is 32.8 Å². The van der Waals surface area contributed by atoms with Crippen LogP contribution in [0.2, 0.25) is 0 Å². The summed E-state index contributed by atoms with van der Waals surface area (Å²) in [6, 6.07) is 7.57. The van der Waals surface area contributed by atoms with Crippen LogP contribution in [0.15, 0.2) is 30.3 Å². The van der Waals surface area contributed by atoms with Crippen molar-refractivity contribution in [2.75, 3.05) is 12.3 Å². The first-order valence-corrected chi connectivity index (χ1v) is 7.39. The molecule has 0 bridgehead atoms. The van der Waals surface area contributed by atoms with Gasteiger partial charge in [0.05, 0.1) is 6.10 Å². The van der Waals surface area contributed by atoms with Crippen LogP contribution in [0.4, 0.5) is 5.69 Å². The average molecular weight is 288 g/mol. The quantitative estimate of drug-likeness (QED) is 0.646. The lowest BCUT2D eigenvalue weighted by Crippen LogP contribution is -2.61. The van der Waals surface area contributed by atoms with Crippen molar-refractivity contribution in [3.8, 4) is 0 Å². The Balaban J connectivity index is 1.87. The van der Waals surface area contributed by atoms with E-state index in [2.05, 4.69) is 19.2 Å². The van der Waals surface area contributed by atoms with Crippen molar-refractivity contribution in [2.45, 2.75) is 39.3 Å². The highest BCUT2D eigenvalue weighted by Crippen LogP contribution is 2.42. The van der Waals surface area contributed by atoms with Crippen LogP contribution in [0, 0.1) is 5.41 Å². The van der Waals surface area contributed by atoms with Crippen LogP contribution >= 0.6 is 0 Å². The molecule has 0 aliphatic heterocycles. The van der Waals surface area contributed by atoms with Gasteiger partial charge in [-0.1, -0.05) is 26.0 Å². The average Bonchev–Trinajstić information content (AvgIpc) is 2.45. The number of amides is 1. The maximum absolute atomic E-state index is 12.0. The maximum Gasteiger partial charge on any atom is 0.244 e. The third kappa shape index (κ3) is 3.64. The SMILES string of the molecule is CCOC1CC(NC(=O)/C=C/c2ccc(N)cc2)C1(C)C. The molecule has 3 N–H and O–H groups in total. The maximum atomic E-state index is 12.0. The summed E-state index contributed by atoms with van der Waals surface area (Å²) in [5.74, 6) is -0.0696. The van der Waals surface area contributed by atoms with Crippen LogP contribution in [-0.2, 0) is 9.53 Å². The van der Waals surface area contributed by atoms with Gasteiger partial charge in [0, 0.05) is 29.8 Å². The molecule has 0 heterocycles. The number of nitrogen functional groups attached to an aromatic ring is 1. The molecular weight excluding hydrogens is 264 g/mol. The van der Waals surface area contributed by atoms with Crippen LogP contribution < -0.4 is 11.1 Å². The molecule has 1 aliphatic carbocycles. The molecule has 4 nitrogen and oxygen atoms in total. The molecular formula is C17H24N2O2. The zero-order chi connectivity index (χ0) is 15.5. The fraction of sp³-hybridized carbons (Fsp3) is 0.471. The van der Waals surface area contributed by atoms with Gasteiger partial charge in [-0.3, -0.25) is 4.79 Å². The number of anilines is 1. The van der Waals surface area contributed by atoms with E-state index in [9.17, 15) is 4.79 Å². The summed E-state index contributed by atoms with van der Waals surface area (Å²) < 4.78 is 5.66. The van der Waals surface area contributed by atoms with Crippen molar-refractivity contribution in [1.29, 1.82) is 0 Å². The van der Waals surface area contributed by atoms with Crippen molar-refractivity contribution < 1.29 is 9.53 Å². The van der Waals surface area contributed by atoms with Crippen molar-refractivity contribution in [1.82, 2.24) is 5.32 Å². The van der Waals surface area contributed by atoms with Crippen molar-refractivity contribution in [3.63, 3.8) is 0 Å². The van der Waals surface area contributed by atoms with Gasteiger partial charge in [0.25, 0.3) is 0 Å². The number of benzene rings is 1. The van der Waals surface area contributed by atoms with E-state index in [-0.39, 0.29) is 23.5 Å². The molecule has 0 spiro atoms. The van der Waals surface area contributed by atoms with Crippen molar-refractivity contribution >= 4 is 17.7 Å². The number of carbonyl (C=O) groups excluding carboxylic acids is 1. The zero-order valence-electron chi connectivity index (χ0n) is 12.9. The zero-order valence-corrected chi connectivity index (χ0v) is 12.9. The smallest absolute Gasteiger partial charge is 0.244 e. The number of hydrogen-bond acceptors (Lipinski definition) is 3. The predicted octanol–water partition coefficient (Wildman–Crippen LogP) is 2.60. The molecule has 2 atom stereocenters. The number of hydrogen-bond donors (Lipinski definition) is 2. The van der Waals surface area contributed by atoms with Gasteiger partial charge in [-0.15, -0.1) is 0 Å². The minimum atomic E-state index is -0.0696. The Bertz CT molecular complexity index is 520. The Morgan fingerprint density at radius 1 is 1.43 bits per heavy atom. The second kappa shape index (κ2) is 6.31. The minimum absolute atomic E-state index is 0.0132. The number of rotatable bonds is 5. The van der Waals surface area contributed by atoms with Gasteiger partial charge in [-0.2, -0.15) is 0 Å². The number of ether oxygens (including phenoxy) is 1. The lowest BCUT2D eigenvalue weighted by Gasteiger charge is -2.51. The highest BCUT2D eigenvalue weighted by Gasteiger charge is 2.49. The highest BCUT2D eigenvalue weighted by atomic mass is 16.5. The van der Waals surface area contributed by atoms with E-state index in [1.54, 1.807) is 12.2 Å². The van der Waals surface area contributed by atoms with Gasteiger partial charge in [0.1, 0.15) is 0 Å². The first-order valence-electron chi connectivity index (χ1n) is 7.39. The van der Waals surface area contributed by atoms with Crippen molar-refractivity contribution in [2.24, 2.45) is 5.41 Å². The van der Waals surface area contributed by atoms with Gasteiger partial charge in [-0.05, 0) is 37.1 Å². The van der Waals surface area contributed by atoms with Crippen molar-refractivity contribution in [3.05, 3.63) is 35.9 Å². The van der Waals surface area contributed by atoms with E-state index in [4.69, 9.17) is 10.5 Å². The van der Waals surface area contributed by atoms with Crippen LogP contribution in [-0.4, -0.2) is 24.7 Å². The number of nitrogens with two attached hydrogens (primary N) is 1. The van der Waals surface area contributed by atoms with Gasteiger partial charge < -0.3 is 15.8 Å². The van der Waals surface area contributed by atoms with E-state index in [0.29, 0.717) is 6.61 Å². The van der Waals surface area contributed by atoms with E-state index in [0.717, 1.165) is 17.7 Å². The molecule has 4 heteroatoms. The van der Waals surface area contributed by atoms with Gasteiger partial charge in [0.2, 0.25) is 5.91 Å². The summed E-state index contributed by atoms with van der Waals surface area (Å²) in [5, 5.41) is 3.05. The van der Waals surface area contributed by atoms with E-state index in [1.165, 1.54) is 0 Å². The molecule has 2 unspecified atom stereocenters. The first kappa shape index (κ1) is 15.6. The Kier molecular flexibility index (Phi) is 4.68. The normalized spacial score (nSPS) is 23.8. The van der Waals surface area contributed by atoms with Gasteiger partial charge >= 0.3 is 0 Å². The Labute approximate surface area is 126 Å². The number of nitrogens with one attached hydrogen (secondary N) is 1. The molecule has 114 valence electrons. The highest BCUT2D eigenvalue weighted by molar-refractivity contribution is 5.92. The van der Waals surface area contributed by atoms with Gasteiger partial charge in [-0.25, -0.2) is 0 Å². The minimum Gasteiger partial charge on any atom is -0.399 e. The molecule has 1 aromatic rings. The molecule has 21 heavy (non-hydrogen) atoms. The molecule has 1 aliphatic rings. The summed E-state index contributed by atoms with van der Waals surface area (Å²) in [6.45, 7) is 6.97. The molecule has 1 fully saturated rings. The topological polar surface area (TPSA) is 64.3 Å². The lowest BCUT2D eigenvalue weighted by atomic mass is 9.64. The summed E-state index contributed by atoms with van der Waals surface area (Å²) in [7, 11) is 0. The molecule has 0 aromatic heterocycles. The summed E-state index contributed by atoms with van der Waals surface area (Å²) in [4.78, 5) is 12.0. The molecule has 1 aromatic carbocycles. The molecule has 2 rings (SSSR count). The lowest BCUT2D eigenvalue weighted by molar-refractivity contribution is -0.133. The van der Waals surface area contributed by atoms with E-state index in [1.807, 2.05) is 31.2 Å². The fourth-order valence-electron chi connectivity index (χ4n) is 2.61. The van der Waals surface area contributed by atoms with Gasteiger partial charge in [0.15, 0.2) is 0 Å². The third-order valence-electron chi connectivity index (χ3n) is 4.23. The predicted molar refractivity (Wildman–Crippen MR) is 85.6 cm³/mol. The molecule has 0 radical (unpaired) electrons. The molecule has 1 saturated carbocycles. The summed E-state index contributed by atoms with van der Waals surface area (Å²) in [6.07, 6.45) is 4.46. The Morgan fingerprint density at radius 2 is 2.10 bits per heavy atom. The molecule has 0 saturated heterocycles.